The number of hydrogen-bond acceptors (Lipinski definition) is 4. The van der Waals surface area contributed by atoms with Gasteiger partial charge in [-0.3, -0.25) is 9.59 Å². The molecule has 1 saturated carbocycles. The molecule has 7 nitrogen and oxygen atoms in total. The predicted octanol–water partition coefficient (Wildman–Crippen LogP) is 4.60. The van der Waals surface area contributed by atoms with Crippen LogP contribution >= 0.6 is 11.6 Å². The number of H-pyrrole nitrogens is 1. The summed E-state index contributed by atoms with van der Waals surface area (Å²) in [6, 6.07) is 5.84. The Morgan fingerprint density at radius 1 is 1.22 bits per heavy atom. The van der Waals surface area contributed by atoms with Crippen molar-refractivity contribution in [1.29, 1.82) is 0 Å². The van der Waals surface area contributed by atoms with Gasteiger partial charge in [0.25, 0.3) is 17.4 Å². The molecule has 1 atom stereocenters. The third-order valence-corrected chi connectivity index (χ3v) is 6.44. The highest BCUT2D eigenvalue weighted by Crippen LogP contribution is 2.44. The average Bonchev–Trinajstić information content (AvgIpc) is 3.63. The van der Waals surface area contributed by atoms with Crippen molar-refractivity contribution in [3.05, 3.63) is 92.4 Å². The van der Waals surface area contributed by atoms with Gasteiger partial charge in [-0.25, -0.2) is 22.1 Å². The Balaban J connectivity index is 1.60. The molecule has 1 amide bonds. The second-order valence-electron chi connectivity index (χ2n) is 8.83. The molecule has 37 heavy (non-hydrogen) atoms. The lowest BCUT2D eigenvalue weighted by atomic mass is 9.99. The minimum Gasteiger partial charge on any atom is -0.390 e. The summed E-state index contributed by atoms with van der Waals surface area (Å²) < 4.78 is 58.2. The molecule has 192 valence electrons. The van der Waals surface area contributed by atoms with Gasteiger partial charge in [0.05, 0.1) is 11.1 Å². The van der Waals surface area contributed by atoms with E-state index in [4.69, 9.17) is 11.6 Å². The largest absolute Gasteiger partial charge is 0.390 e. The van der Waals surface area contributed by atoms with Crippen molar-refractivity contribution in [3.63, 3.8) is 0 Å². The van der Waals surface area contributed by atoms with Gasteiger partial charge in [0.15, 0.2) is 5.82 Å². The van der Waals surface area contributed by atoms with Crippen molar-refractivity contribution < 1.29 is 27.5 Å². The molecule has 1 aliphatic rings. The number of rotatable bonds is 7. The summed E-state index contributed by atoms with van der Waals surface area (Å²) in [7, 11) is 0. The number of alkyl halides is 2. The summed E-state index contributed by atoms with van der Waals surface area (Å²) in [5.41, 5.74) is -0.551. The van der Waals surface area contributed by atoms with Gasteiger partial charge in [0.2, 0.25) is 0 Å². The number of carbonyl (C=O) groups is 1. The first kappa shape index (κ1) is 25.0. The molecule has 4 aromatic rings. The van der Waals surface area contributed by atoms with E-state index in [-0.39, 0.29) is 39.0 Å². The highest BCUT2D eigenvalue weighted by molar-refractivity contribution is 6.30. The lowest BCUT2D eigenvalue weighted by Gasteiger charge is -2.26. The number of aromatic nitrogens is 3. The van der Waals surface area contributed by atoms with Crippen LogP contribution in [-0.2, 0) is 0 Å². The van der Waals surface area contributed by atoms with Gasteiger partial charge in [0.1, 0.15) is 29.8 Å². The Hall–Kier alpha value is -3.70. The fourth-order valence-corrected chi connectivity index (χ4v) is 4.44. The standard InChI is InChI=1S/C25H19ClF4N4O3/c26-14-5-8-18(28)16(9-14)22-32-24(37)20-19(12-1-2-12)17(10-34(20)33-22)23(36)31-21(25(29,30)11-35)13-3-6-15(27)7-4-13/h3-10,12,21,35H,1-2,11H2,(H,31,36)(H,32,33,37). The molecule has 0 spiro atoms. The number of fused-ring (bicyclic) bond motifs is 1. The van der Waals surface area contributed by atoms with E-state index in [1.54, 1.807) is 0 Å². The van der Waals surface area contributed by atoms with Crippen LogP contribution in [0, 0.1) is 11.6 Å². The summed E-state index contributed by atoms with van der Waals surface area (Å²) >= 11 is 5.96. The summed E-state index contributed by atoms with van der Waals surface area (Å²) in [5.74, 6) is -6.38. The van der Waals surface area contributed by atoms with Crippen LogP contribution in [0.4, 0.5) is 17.6 Å². The Morgan fingerprint density at radius 2 is 1.92 bits per heavy atom. The molecule has 5 rings (SSSR count). The van der Waals surface area contributed by atoms with Crippen LogP contribution in [0.2, 0.25) is 5.02 Å². The molecule has 0 radical (unpaired) electrons. The van der Waals surface area contributed by atoms with E-state index < -0.39 is 41.7 Å². The zero-order valence-electron chi connectivity index (χ0n) is 18.9. The van der Waals surface area contributed by atoms with Gasteiger partial charge in [-0.15, -0.1) is 5.10 Å². The number of halogens is 5. The van der Waals surface area contributed by atoms with Gasteiger partial charge in [0, 0.05) is 16.8 Å². The average molecular weight is 535 g/mol. The number of hydrogen-bond donors (Lipinski definition) is 3. The van der Waals surface area contributed by atoms with Crippen molar-refractivity contribution in [2.75, 3.05) is 6.61 Å². The highest BCUT2D eigenvalue weighted by atomic mass is 35.5. The maximum absolute atomic E-state index is 14.7. The van der Waals surface area contributed by atoms with Crippen LogP contribution in [0.1, 0.15) is 46.3 Å². The minimum atomic E-state index is -3.78. The molecule has 1 aliphatic carbocycles. The van der Waals surface area contributed by atoms with Crippen molar-refractivity contribution in [2.24, 2.45) is 0 Å². The maximum Gasteiger partial charge on any atom is 0.294 e. The Labute approximate surface area is 211 Å². The third-order valence-electron chi connectivity index (χ3n) is 6.21. The second kappa shape index (κ2) is 9.31. The number of amides is 1. The van der Waals surface area contributed by atoms with E-state index in [0.717, 1.165) is 34.8 Å². The van der Waals surface area contributed by atoms with Crippen molar-refractivity contribution in [3.8, 4) is 11.4 Å². The van der Waals surface area contributed by atoms with E-state index in [0.29, 0.717) is 18.4 Å². The van der Waals surface area contributed by atoms with Crippen molar-refractivity contribution >= 4 is 23.0 Å². The summed E-state index contributed by atoms with van der Waals surface area (Å²) in [6.07, 6.45) is 2.55. The van der Waals surface area contributed by atoms with Crippen molar-refractivity contribution in [1.82, 2.24) is 19.9 Å². The van der Waals surface area contributed by atoms with Crippen LogP contribution in [0.5, 0.6) is 0 Å². The maximum atomic E-state index is 14.7. The molecule has 3 N–H and O–H groups in total. The zero-order valence-corrected chi connectivity index (χ0v) is 19.7. The summed E-state index contributed by atoms with van der Waals surface area (Å²) in [4.78, 5) is 28.9. The Bertz CT molecular complexity index is 1560. The first-order chi connectivity index (χ1) is 17.6. The Kier molecular flexibility index (Phi) is 6.28. The van der Waals surface area contributed by atoms with E-state index in [1.807, 2.05) is 0 Å². The van der Waals surface area contributed by atoms with Crippen LogP contribution in [0.25, 0.3) is 16.9 Å². The predicted molar refractivity (Wildman–Crippen MR) is 127 cm³/mol. The molecule has 2 aromatic carbocycles. The first-order valence-corrected chi connectivity index (χ1v) is 11.6. The lowest BCUT2D eigenvalue weighted by molar-refractivity contribution is -0.0785. The summed E-state index contributed by atoms with van der Waals surface area (Å²) in [6.45, 7) is -1.57. The quantitative estimate of drug-likeness (QED) is 0.302. The SMILES string of the molecule is O=C(NC(c1ccc(F)cc1)C(F)(F)CO)c1cn2nc(-c3cc(Cl)ccc3F)[nH]c(=O)c2c1C1CC1. The number of aliphatic hydroxyl groups excluding tert-OH is 1. The number of carbonyl (C=O) groups excluding carboxylic acids is 1. The van der Waals surface area contributed by atoms with Crippen molar-refractivity contribution in [2.45, 2.75) is 30.7 Å². The van der Waals surface area contributed by atoms with E-state index in [1.165, 1.54) is 18.3 Å². The van der Waals surface area contributed by atoms with Gasteiger partial charge >= 0.3 is 0 Å². The van der Waals surface area contributed by atoms with Gasteiger partial charge in [-0.1, -0.05) is 23.7 Å². The number of nitrogens with one attached hydrogen (secondary N) is 2. The molecule has 2 aromatic heterocycles. The van der Waals surface area contributed by atoms with E-state index in [9.17, 15) is 32.3 Å². The van der Waals surface area contributed by atoms with Crippen LogP contribution < -0.4 is 10.9 Å². The fraction of sp³-hybridized carbons (Fsp3) is 0.240. The number of benzene rings is 2. The molecule has 1 fully saturated rings. The van der Waals surface area contributed by atoms with Crippen LogP contribution in [0.15, 0.2) is 53.5 Å². The molecular formula is C25H19ClF4N4O3. The smallest absolute Gasteiger partial charge is 0.294 e. The molecule has 0 aliphatic heterocycles. The monoisotopic (exact) mass is 534 g/mol. The molecular weight excluding hydrogens is 516 g/mol. The van der Waals surface area contributed by atoms with E-state index >= 15 is 0 Å². The Morgan fingerprint density at radius 3 is 2.57 bits per heavy atom. The van der Waals surface area contributed by atoms with Crippen LogP contribution in [0.3, 0.4) is 0 Å². The lowest BCUT2D eigenvalue weighted by Crippen LogP contribution is -2.43. The molecule has 0 saturated heterocycles. The van der Waals surface area contributed by atoms with Gasteiger partial charge in [-0.05, 0) is 54.7 Å². The topological polar surface area (TPSA) is 99.5 Å². The first-order valence-electron chi connectivity index (χ1n) is 11.2. The molecule has 1 unspecified atom stereocenters. The van der Waals surface area contributed by atoms with Gasteiger partial charge < -0.3 is 15.4 Å². The third kappa shape index (κ3) is 4.72. The molecule has 2 heterocycles. The fourth-order valence-electron chi connectivity index (χ4n) is 4.27. The zero-order chi connectivity index (χ0) is 26.5. The van der Waals surface area contributed by atoms with Gasteiger partial charge in [-0.2, -0.15) is 0 Å². The van der Waals surface area contributed by atoms with Crippen LogP contribution in [-0.4, -0.2) is 38.1 Å². The number of aliphatic hydroxyl groups is 1. The van der Waals surface area contributed by atoms with E-state index in [2.05, 4.69) is 15.4 Å². The molecule has 12 heteroatoms. The number of nitrogens with zero attached hydrogens (tertiary/aromatic N) is 2. The summed E-state index contributed by atoms with van der Waals surface area (Å²) in [5, 5.41) is 16.0. The highest BCUT2D eigenvalue weighted by Gasteiger charge is 2.42. The molecule has 0 bridgehead atoms. The normalized spacial score (nSPS) is 14.6. The number of aromatic amines is 1. The minimum absolute atomic E-state index is 0.0334. The second-order valence-corrected chi connectivity index (χ2v) is 9.26.